The van der Waals surface area contributed by atoms with Crippen LogP contribution in [0.25, 0.3) is 0 Å². The van der Waals surface area contributed by atoms with Gasteiger partial charge in [-0.25, -0.2) is 0 Å². The summed E-state index contributed by atoms with van der Waals surface area (Å²) in [7, 11) is 4.14. The maximum atomic E-state index is 11.1. The van der Waals surface area contributed by atoms with Crippen LogP contribution >= 0.6 is 0 Å². The van der Waals surface area contributed by atoms with Crippen LogP contribution in [0.3, 0.4) is 0 Å². The summed E-state index contributed by atoms with van der Waals surface area (Å²) in [5, 5.41) is 0. The van der Waals surface area contributed by atoms with Crippen LogP contribution in [0.5, 0.6) is 0 Å². The lowest BCUT2D eigenvalue weighted by atomic mass is 10.2. The van der Waals surface area contributed by atoms with Gasteiger partial charge in [0.2, 0.25) is 5.91 Å². The Morgan fingerprint density at radius 3 is 2.33 bits per heavy atom. The highest BCUT2D eigenvalue weighted by Crippen LogP contribution is 2.19. The van der Waals surface area contributed by atoms with E-state index in [9.17, 15) is 4.79 Å². The lowest BCUT2D eigenvalue weighted by Gasteiger charge is -2.20. The van der Waals surface area contributed by atoms with Crippen molar-refractivity contribution < 1.29 is 4.79 Å². The van der Waals surface area contributed by atoms with Crippen LogP contribution in [-0.4, -0.2) is 48.4 Å². The van der Waals surface area contributed by atoms with Crippen molar-refractivity contribution in [1.29, 1.82) is 0 Å². The second-order valence-electron chi connectivity index (χ2n) is 3.87. The maximum Gasteiger partial charge on any atom is 0.219 e. The summed E-state index contributed by atoms with van der Waals surface area (Å²) in [5.74, 6) is 0.201. The van der Waals surface area contributed by atoms with E-state index < -0.39 is 0 Å². The summed E-state index contributed by atoms with van der Waals surface area (Å²) < 4.78 is 0. The molecule has 0 aromatic rings. The number of likely N-dealkylation sites (tertiary alicyclic amines) is 1. The van der Waals surface area contributed by atoms with Gasteiger partial charge >= 0.3 is 0 Å². The molecule has 0 saturated carbocycles. The van der Waals surface area contributed by atoms with Crippen molar-refractivity contribution in [2.24, 2.45) is 0 Å². The minimum Gasteiger partial charge on any atom is -0.339 e. The molecule has 1 aliphatic heterocycles. The topological polar surface area (TPSA) is 23.6 Å². The summed E-state index contributed by atoms with van der Waals surface area (Å²) in [6.07, 6.45) is 1.10. The smallest absolute Gasteiger partial charge is 0.219 e. The first-order chi connectivity index (χ1) is 5.52. The standard InChI is InChI=1S/C9H18N2O/c1-7-5-9(10(3)4)6-11(7)8(2)12/h7,9H,5-6H2,1-4H3/t7-,9?/m0/s1. The van der Waals surface area contributed by atoms with Crippen LogP contribution in [0.15, 0.2) is 0 Å². The number of carbonyl (C=O) groups excluding carboxylic acids is 1. The van der Waals surface area contributed by atoms with E-state index in [1.165, 1.54) is 0 Å². The van der Waals surface area contributed by atoms with Crippen molar-refractivity contribution in [3.8, 4) is 0 Å². The Hall–Kier alpha value is -0.570. The Morgan fingerprint density at radius 2 is 2.08 bits per heavy atom. The van der Waals surface area contributed by atoms with Gasteiger partial charge in [-0.1, -0.05) is 0 Å². The second kappa shape index (κ2) is 3.44. The van der Waals surface area contributed by atoms with Crippen molar-refractivity contribution in [2.45, 2.75) is 32.4 Å². The molecule has 0 radical (unpaired) electrons. The number of carbonyl (C=O) groups is 1. The van der Waals surface area contributed by atoms with E-state index in [4.69, 9.17) is 0 Å². The van der Waals surface area contributed by atoms with E-state index in [1.807, 2.05) is 4.90 Å². The molecule has 2 atom stereocenters. The van der Waals surface area contributed by atoms with Gasteiger partial charge in [-0.2, -0.15) is 0 Å². The minimum atomic E-state index is 0.201. The summed E-state index contributed by atoms with van der Waals surface area (Å²) in [4.78, 5) is 15.3. The third kappa shape index (κ3) is 1.78. The lowest BCUT2D eigenvalue weighted by molar-refractivity contribution is -0.129. The summed E-state index contributed by atoms with van der Waals surface area (Å²) >= 11 is 0. The molecular formula is C9H18N2O. The molecule has 1 aliphatic rings. The molecule has 0 aromatic carbocycles. The van der Waals surface area contributed by atoms with Crippen molar-refractivity contribution >= 4 is 5.91 Å². The van der Waals surface area contributed by atoms with Gasteiger partial charge in [-0.05, 0) is 27.4 Å². The largest absolute Gasteiger partial charge is 0.339 e. The molecule has 1 amide bonds. The fraction of sp³-hybridized carbons (Fsp3) is 0.889. The fourth-order valence-corrected chi connectivity index (χ4v) is 1.82. The number of likely N-dealkylation sites (N-methyl/N-ethyl adjacent to an activating group) is 1. The van der Waals surface area contributed by atoms with Crippen LogP contribution in [-0.2, 0) is 4.79 Å². The Labute approximate surface area is 74.3 Å². The second-order valence-corrected chi connectivity index (χ2v) is 3.87. The molecule has 0 spiro atoms. The number of amides is 1. The average molecular weight is 170 g/mol. The summed E-state index contributed by atoms with van der Waals surface area (Å²) in [6.45, 7) is 4.66. The highest BCUT2D eigenvalue weighted by atomic mass is 16.2. The maximum absolute atomic E-state index is 11.1. The third-order valence-electron chi connectivity index (χ3n) is 2.69. The van der Waals surface area contributed by atoms with Gasteiger partial charge < -0.3 is 9.80 Å². The Morgan fingerprint density at radius 1 is 1.50 bits per heavy atom. The van der Waals surface area contributed by atoms with E-state index in [2.05, 4.69) is 25.9 Å². The molecule has 12 heavy (non-hydrogen) atoms. The van der Waals surface area contributed by atoms with E-state index in [0.29, 0.717) is 12.1 Å². The molecule has 0 aliphatic carbocycles. The van der Waals surface area contributed by atoms with Crippen molar-refractivity contribution in [3.63, 3.8) is 0 Å². The Kier molecular flexibility index (Phi) is 2.73. The average Bonchev–Trinajstić information content (AvgIpc) is 2.30. The van der Waals surface area contributed by atoms with Gasteiger partial charge in [-0.15, -0.1) is 0 Å². The molecule has 0 bridgehead atoms. The molecule has 1 rings (SSSR count). The van der Waals surface area contributed by atoms with Crippen molar-refractivity contribution in [3.05, 3.63) is 0 Å². The summed E-state index contributed by atoms with van der Waals surface area (Å²) in [5.41, 5.74) is 0. The normalized spacial score (nSPS) is 29.9. The predicted molar refractivity (Wildman–Crippen MR) is 48.9 cm³/mol. The van der Waals surface area contributed by atoms with Crippen LogP contribution in [0, 0.1) is 0 Å². The van der Waals surface area contributed by atoms with Crippen molar-refractivity contribution in [1.82, 2.24) is 9.80 Å². The van der Waals surface area contributed by atoms with E-state index in [1.54, 1.807) is 6.92 Å². The SMILES string of the molecule is CC(=O)N1CC(N(C)C)C[C@@H]1C. The first-order valence-electron chi connectivity index (χ1n) is 4.46. The van der Waals surface area contributed by atoms with Gasteiger partial charge in [0.15, 0.2) is 0 Å². The van der Waals surface area contributed by atoms with E-state index in [0.717, 1.165) is 13.0 Å². The quantitative estimate of drug-likeness (QED) is 0.574. The molecular weight excluding hydrogens is 152 g/mol. The van der Waals surface area contributed by atoms with Crippen LogP contribution in [0.1, 0.15) is 20.3 Å². The predicted octanol–water partition coefficient (Wildman–Crippen LogP) is 0.557. The molecule has 70 valence electrons. The van der Waals surface area contributed by atoms with E-state index >= 15 is 0 Å². The first-order valence-corrected chi connectivity index (χ1v) is 4.46. The lowest BCUT2D eigenvalue weighted by Crippen LogP contribution is -2.34. The molecule has 3 nitrogen and oxygen atoms in total. The Bertz CT molecular complexity index is 179. The fourth-order valence-electron chi connectivity index (χ4n) is 1.82. The van der Waals surface area contributed by atoms with Gasteiger partial charge in [0.05, 0.1) is 0 Å². The summed E-state index contributed by atoms with van der Waals surface area (Å²) in [6, 6.07) is 0.957. The van der Waals surface area contributed by atoms with Gasteiger partial charge in [-0.3, -0.25) is 4.79 Å². The van der Waals surface area contributed by atoms with Gasteiger partial charge in [0, 0.05) is 25.6 Å². The number of nitrogens with zero attached hydrogens (tertiary/aromatic N) is 2. The molecule has 1 heterocycles. The molecule has 1 fully saturated rings. The number of hydrogen-bond donors (Lipinski definition) is 0. The molecule has 3 heteroatoms. The molecule has 1 unspecified atom stereocenters. The molecule has 1 saturated heterocycles. The monoisotopic (exact) mass is 170 g/mol. The third-order valence-corrected chi connectivity index (χ3v) is 2.69. The van der Waals surface area contributed by atoms with Gasteiger partial charge in [0.25, 0.3) is 0 Å². The molecule has 0 aromatic heterocycles. The van der Waals surface area contributed by atoms with Crippen molar-refractivity contribution in [2.75, 3.05) is 20.6 Å². The number of hydrogen-bond acceptors (Lipinski definition) is 2. The van der Waals surface area contributed by atoms with Gasteiger partial charge in [0.1, 0.15) is 0 Å². The minimum absolute atomic E-state index is 0.201. The van der Waals surface area contributed by atoms with Crippen LogP contribution < -0.4 is 0 Å². The first kappa shape index (κ1) is 9.52. The molecule has 0 N–H and O–H groups in total. The van der Waals surface area contributed by atoms with Crippen LogP contribution in [0.4, 0.5) is 0 Å². The highest BCUT2D eigenvalue weighted by molar-refractivity contribution is 5.74. The zero-order chi connectivity index (χ0) is 9.30. The number of rotatable bonds is 1. The highest BCUT2D eigenvalue weighted by Gasteiger charge is 2.31. The zero-order valence-corrected chi connectivity index (χ0v) is 8.37. The zero-order valence-electron chi connectivity index (χ0n) is 8.37. The Balaban J connectivity index is 2.56. The van der Waals surface area contributed by atoms with Crippen LogP contribution in [0.2, 0.25) is 0 Å². The van der Waals surface area contributed by atoms with E-state index in [-0.39, 0.29) is 5.91 Å².